The molecule has 29 heavy (non-hydrogen) atoms. The normalized spacial score (nSPS) is 26.8. The zero-order valence-corrected chi connectivity index (χ0v) is 16.7. The standard InChI is InChI=1S/C22H28N4O3/c27-18-5-4-17(20(28)24-18)26-13-16-3-1-2-15(19(16)21(26)29)12-25-11-8-22(14-25)6-9-23-10-7-22/h1-3,17,23H,4-14H2,(H,24,27,28). The van der Waals surface area contributed by atoms with Crippen molar-refractivity contribution in [2.24, 2.45) is 5.41 Å². The molecule has 0 aromatic heterocycles. The molecule has 4 heterocycles. The lowest BCUT2D eigenvalue weighted by Crippen LogP contribution is -2.52. The largest absolute Gasteiger partial charge is 0.322 e. The second-order valence-electron chi connectivity index (χ2n) is 9.06. The minimum absolute atomic E-state index is 0.0686. The maximum Gasteiger partial charge on any atom is 0.255 e. The van der Waals surface area contributed by atoms with Crippen LogP contribution in [-0.4, -0.2) is 59.7 Å². The number of piperidine rings is 2. The van der Waals surface area contributed by atoms with Crippen LogP contribution in [-0.2, 0) is 22.7 Å². The number of rotatable bonds is 3. The van der Waals surface area contributed by atoms with Crippen molar-refractivity contribution in [2.45, 2.75) is 51.2 Å². The Morgan fingerprint density at radius 3 is 2.72 bits per heavy atom. The summed E-state index contributed by atoms with van der Waals surface area (Å²) >= 11 is 0. The number of hydrogen-bond acceptors (Lipinski definition) is 5. The van der Waals surface area contributed by atoms with Crippen LogP contribution in [0.2, 0.25) is 0 Å². The molecular formula is C22H28N4O3. The molecule has 1 aromatic rings. The topological polar surface area (TPSA) is 81.8 Å². The van der Waals surface area contributed by atoms with E-state index in [1.165, 1.54) is 19.3 Å². The predicted molar refractivity (Wildman–Crippen MR) is 107 cm³/mol. The van der Waals surface area contributed by atoms with E-state index in [-0.39, 0.29) is 24.1 Å². The van der Waals surface area contributed by atoms with E-state index < -0.39 is 6.04 Å². The van der Waals surface area contributed by atoms with Crippen LogP contribution in [0.25, 0.3) is 0 Å². The lowest BCUT2D eigenvalue weighted by molar-refractivity contribution is -0.136. The maximum absolute atomic E-state index is 13.2. The van der Waals surface area contributed by atoms with E-state index in [2.05, 4.69) is 21.6 Å². The molecule has 0 bridgehead atoms. The van der Waals surface area contributed by atoms with Crippen LogP contribution in [0.15, 0.2) is 18.2 Å². The molecule has 3 saturated heterocycles. The lowest BCUT2D eigenvalue weighted by Gasteiger charge is -2.34. The summed E-state index contributed by atoms with van der Waals surface area (Å²) in [7, 11) is 0. The van der Waals surface area contributed by atoms with Crippen LogP contribution in [0, 0.1) is 5.41 Å². The smallest absolute Gasteiger partial charge is 0.255 e. The highest BCUT2D eigenvalue weighted by Crippen LogP contribution is 2.39. The fourth-order valence-corrected chi connectivity index (χ4v) is 5.59. The molecule has 3 amide bonds. The van der Waals surface area contributed by atoms with Crippen molar-refractivity contribution in [3.8, 4) is 0 Å². The fourth-order valence-electron chi connectivity index (χ4n) is 5.59. The van der Waals surface area contributed by atoms with Gasteiger partial charge in [-0.1, -0.05) is 18.2 Å². The first-order valence-corrected chi connectivity index (χ1v) is 10.7. The quantitative estimate of drug-likeness (QED) is 0.746. The molecule has 1 aromatic carbocycles. The molecule has 2 N–H and O–H groups in total. The third kappa shape index (κ3) is 3.36. The fraction of sp³-hybridized carbons (Fsp3) is 0.591. The number of nitrogens with zero attached hydrogens (tertiary/aromatic N) is 2. The van der Waals surface area contributed by atoms with Crippen LogP contribution < -0.4 is 10.6 Å². The van der Waals surface area contributed by atoms with E-state index in [1.54, 1.807) is 4.90 Å². The van der Waals surface area contributed by atoms with E-state index in [4.69, 9.17) is 0 Å². The molecule has 0 aliphatic carbocycles. The first kappa shape index (κ1) is 18.8. The SMILES string of the molecule is O=C1CCC(N2Cc3cccc(CN4CCC5(CCNCC5)C4)c3C2=O)C(=O)N1. The van der Waals surface area contributed by atoms with Crippen LogP contribution in [0.5, 0.6) is 0 Å². The van der Waals surface area contributed by atoms with Gasteiger partial charge in [0.25, 0.3) is 5.91 Å². The Bertz CT molecular complexity index is 862. The van der Waals surface area contributed by atoms with Crippen LogP contribution in [0.1, 0.15) is 53.6 Å². The van der Waals surface area contributed by atoms with E-state index in [0.29, 0.717) is 18.4 Å². The summed E-state index contributed by atoms with van der Waals surface area (Å²) in [6, 6.07) is 5.51. The molecule has 7 nitrogen and oxygen atoms in total. The molecule has 1 unspecified atom stereocenters. The van der Waals surface area contributed by atoms with Crippen molar-refractivity contribution in [2.75, 3.05) is 26.2 Å². The number of hydrogen-bond donors (Lipinski definition) is 2. The highest BCUT2D eigenvalue weighted by molar-refractivity contribution is 6.05. The predicted octanol–water partition coefficient (Wildman–Crippen LogP) is 1.02. The number of benzene rings is 1. The van der Waals surface area contributed by atoms with Gasteiger partial charge in [-0.15, -0.1) is 0 Å². The zero-order valence-electron chi connectivity index (χ0n) is 16.7. The van der Waals surface area contributed by atoms with E-state index in [1.807, 2.05) is 12.1 Å². The first-order chi connectivity index (χ1) is 14.0. The first-order valence-electron chi connectivity index (χ1n) is 10.7. The monoisotopic (exact) mass is 396 g/mol. The van der Waals surface area contributed by atoms with Crippen molar-refractivity contribution in [1.29, 1.82) is 0 Å². The maximum atomic E-state index is 13.2. The summed E-state index contributed by atoms with van der Waals surface area (Å²) in [5.41, 5.74) is 3.26. The van der Waals surface area contributed by atoms with Crippen molar-refractivity contribution < 1.29 is 14.4 Å². The number of imide groups is 1. The average molecular weight is 396 g/mol. The average Bonchev–Trinajstić information content (AvgIpc) is 3.24. The van der Waals surface area contributed by atoms with Crippen molar-refractivity contribution in [3.63, 3.8) is 0 Å². The minimum Gasteiger partial charge on any atom is -0.322 e. The van der Waals surface area contributed by atoms with Gasteiger partial charge in [0, 0.05) is 31.6 Å². The highest BCUT2D eigenvalue weighted by atomic mass is 16.2. The highest BCUT2D eigenvalue weighted by Gasteiger charge is 2.42. The molecule has 1 spiro atoms. The number of nitrogens with one attached hydrogen (secondary N) is 2. The van der Waals surface area contributed by atoms with Crippen LogP contribution in [0.3, 0.4) is 0 Å². The van der Waals surface area contributed by atoms with E-state index in [9.17, 15) is 14.4 Å². The van der Waals surface area contributed by atoms with Gasteiger partial charge < -0.3 is 10.2 Å². The molecule has 1 atom stereocenters. The van der Waals surface area contributed by atoms with E-state index >= 15 is 0 Å². The second kappa shape index (κ2) is 7.22. The molecule has 4 aliphatic rings. The van der Waals surface area contributed by atoms with Crippen LogP contribution in [0.4, 0.5) is 0 Å². The molecule has 0 saturated carbocycles. The third-order valence-corrected chi connectivity index (χ3v) is 7.21. The summed E-state index contributed by atoms with van der Waals surface area (Å²) in [5.74, 6) is -0.672. The Morgan fingerprint density at radius 2 is 1.93 bits per heavy atom. The Hall–Kier alpha value is -2.25. The molecule has 5 rings (SSSR count). The van der Waals surface area contributed by atoms with Gasteiger partial charge in [-0.25, -0.2) is 0 Å². The number of carbonyl (C=O) groups is 3. The number of amides is 3. The Balaban J connectivity index is 1.33. The number of carbonyl (C=O) groups excluding carboxylic acids is 3. The van der Waals surface area contributed by atoms with Gasteiger partial charge in [-0.05, 0) is 61.9 Å². The van der Waals surface area contributed by atoms with Gasteiger partial charge >= 0.3 is 0 Å². The molecule has 4 aliphatic heterocycles. The Morgan fingerprint density at radius 1 is 1.10 bits per heavy atom. The second-order valence-corrected chi connectivity index (χ2v) is 9.06. The Kier molecular flexibility index (Phi) is 4.67. The van der Waals surface area contributed by atoms with Gasteiger partial charge in [0.15, 0.2) is 0 Å². The molecule has 0 radical (unpaired) electrons. The minimum atomic E-state index is -0.551. The van der Waals surface area contributed by atoms with Crippen molar-refractivity contribution in [1.82, 2.24) is 20.4 Å². The molecule has 7 heteroatoms. The summed E-state index contributed by atoms with van der Waals surface area (Å²) in [6.07, 6.45) is 4.40. The van der Waals surface area contributed by atoms with Gasteiger partial charge in [-0.2, -0.15) is 0 Å². The van der Waals surface area contributed by atoms with Gasteiger partial charge in [-0.3, -0.25) is 24.6 Å². The van der Waals surface area contributed by atoms with Gasteiger partial charge in [0.2, 0.25) is 11.8 Å². The van der Waals surface area contributed by atoms with Gasteiger partial charge in [0.05, 0.1) is 0 Å². The summed E-state index contributed by atoms with van der Waals surface area (Å²) in [5, 5.41) is 5.83. The number of likely N-dealkylation sites (tertiary alicyclic amines) is 1. The summed E-state index contributed by atoms with van der Waals surface area (Å²) in [4.78, 5) is 41.1. The zero-order chi connectivity index (χ0) is 20.0. The number of fused-ring (bicyclic) bond motifs is 1. The molecule has 154 valence electrons. The van der Waals surface area contributed by atoms with Crippen LogP contribution >= 0.6 is 0 Å². The van der Waals surface area contributed by atoms with Gasteiger partial charge in [0.1, 0.15) is 6.04 Å². The Labute approximate surface area is 170 Å². The van der Waals surface area contributed by atoms with Crippen molar-refractivity contribution in [3.05, 3.63) is 34.9 Å². The molecular weight excluding hydrogens is 368 g/mol. The third-order valence-electron chi connectivity index (χ3n) is 7.21. The van der Waals surface area contributed by atoms with Crippen molar-refractivity contribution >= 4 is 17.7 Å². The summed E-state index contributed by atoms with van der Waals surface area (Å²) < 4.78 is 0. The molecule has 3 fully saturated rings. The lowest BCUT2D eigenvalue weighted by atomic mass is 9.78. The van der Waals surface area contributed by atoms with E-state index in [0.717, 1.165) is 49.4 Å². The summed E-state index contributed by atoms with van der Waals surface area (Å²) in [6.45, 7) is 5.62.